The van der Waals surface area contributed by atoms with Crippen LogP contribution in [0.3, 0.4) is 0 Å². The molecule has 2 fully saturated rings. The minimum absolute atomic E-state index is 0.0774. The molecule has 1 atom stereocenters. The van der Waals surface area contributed by atoms with Gasteiger partial charge >= 0.3 is 0 Å². The summed E-state index contributed by atoms with van der Waals surface area (Å²) in [5, 5.41) is 0. The van der Waals surface area contributed by atoms with Crippen LogP contribution in [0.2, 0.25) is 0 Å². The number of hydrogen-bond donors (Lipinski definition) is 0. The molecular weight excluding hydrogens is 376 g/mol. The molecular formula is C25H38N2O3. The van der Waals surface area contributed by atoms with Crippen molar-refractivity contribution in [3.63, 3.8) is 0 Å². The van der Waals surface area contributed by atoms with Crippen LogP contribution in [0.4, 0.5) is 0 Å². The lowest BCUT2D eigenvalue weighted by atomic mass is 9.76. The molecule has 0 radical (unpaired) electrons. The van der Waals surface area contributed by atoms with Gasteiger partial charge in [-0.1, -0.05) is 32.0 Å². The van der Waals surface area contributed by atoms with Crippen molar-refractivity contribution in [2.45, 2.75) is 65.2 Å². The summed E-state index contributed by atoms with van der Waals surface area (Å²) < 4.78 is 6.17. The molecule has 5 heteroatoms. The fourth-order valence-electron chi connectivity index (χ4n) is 4.93. The molecule has 2 amide bonds. The monoisotopic (exact) mass is 414 g/mol. The van der Waals surface area contributed by atoms with Crippen molar-refractivity contribution in [1.82, 2.24) is 9.80 Å². The van der Waals surface area contributed by atoms with Crippen LogP contribution in [0, 0.1) is 11.3 Å². The maximum Gasteiger partial charge on any atom is 0.225 e. The second kappa shape index (κ2) is 10.8. The van der Waals surface area contributed by atoms with E-state index in [9.17, 15) is 9.59 Å². The van der Waals surface area contributed by atoms with Crippen molar-refractivity contribution in [2.75, 3.05) is 32.8 Å². The van der Waals surface area contributed by atoms with E-state index >= 15 is 0 Å². The molecule has 0 aromatic heterocycles. The number of rotatable bonds is 8. The van der Waals surface area contributed by atoms with E-state index < -0.39 is 0 Å². The first-order valence-corrected chi connectivity index (χ1v) is 11.8. The van der Waals surface area contributed by atoms with E-state index in [2.05, 4.69) is 13.8 Å². The molecule has 2 aliphatic rings. The largest absolute Gasteiger partial charge is 0.493 e. The number of amides is 2. The molecule has 0 N–H and O–H groups in total. The molecule has 2 saturated heterocycles. The zero-order chi connectivity index (χ0) is 21.4. The number of para-hydroxylation sites is 1. The molecule has 166 valence electrons. The van der Waals surface area contributed by atoms with Crippen LogP contribution in [0.5, 0.6) is 5.75 Å². The van der Waals surface area contributed by atoms with Crippen molar-refractivity contribution in [1.29, 1.82) is 0 Å². The number of benzene rings is 1. The van der Waals surface area contributed by atoms with Crippen molar-refractivity contribution in [3.8, 4) is 5.75 Å². The van der Waals surface area contributed by atoms with E-state index in [0.717, 1.165) is 63.9 Å². The predicted octanol–water partition coefficient (Wildman–Crippen LogP) is 4.51. The standard InChI is InChI=1S/C25H38N2O3/c1-3-21(4-2)24(29)27-17-11-14-25(19-27,20-30-22-12-7-5-8-13-22)18-23(28)26-15-9-6-10-16-26/h5,7-8,12-13,21H,3-4,6,9-11,14-20H2,1-2H3. The van der Waals surface area contributed by atoms with E-state index in [4.69, 9.17) is 4.74 Å². The molecule has 3 rings (SSSR count). The Kier molecular flexibility index (Phi) is 8.17. The molecule has 1 unspecified atom stereocenters. The minimum Gasteiger partial charge on any atom is -0.493 e. The number of ether oxygens (including phenoxy) is 1. The highest BCUT2D eigenvalue weighted by Crippen LogP contribution is 2.36. The van der Waals surface area contributed by atoms with Gasteiger partial charge in [-0.3, -0.25) is 9.59 Å². The van der Waals surface area contributed by atoms with Gasteiger partial charge < -0.3 is 14.5 Å². The summed E-state index contributed by atoms with van der Waals surface area (Å²) in [5.41, 5.74) is -0.315. The summed E-state index contributed by atoms with van der Waals surface area (Å²) in [5.74, 6) is 1.37. The fourth-order valence-corrected chi connectivity index (χ4v) is 4.93. The van der Waals surface area contributed by atoms with Gasteiger partial charge in [0.25, 0.3) is 0 Å². The van der Waals surface area contributed by atoms with Crippen molar-refractivity contribution in [3.05, 3.63) is 30.3 Å². The number of nitrogens with zero attached hydrogens (tertiary/aromatic N) is 2. The zero-order valence-corrected chi connectivity index (χ0v) is 18.8. The Balaban J connectivity index is 1.75. The topological polar surface area (TPSA) is 49.9 Å². The molecule has 2 aliphatic heterocycles. The molecule has 0 spiro atoms. The lowest BCUT2D eigenvalue weighted by molar-refractivity contribution is -0.144. The Morgan fingerprint density at radius 2 is 1.63 bits per heavy atom. The summed E-state index contributed by atoms with van der Waals surface area (Å²) in [4.78, 5) is 30.3. The minimum atomic E-state index is -0.315. The fraction of sp³-hybridized carbons (Fsp3) is 0.680. The lowest BCUT2D eigenvalue weighted by Crippen LogP contribution is -2.52. The van der Waals surface area contributed by atoms with E-state index in [-0.39, 0.29) is 23.1 Å². The van der Waals surface area contributed by atoms with Gasteiger partial charge in [-0.25, -0.2) is 0 Å². The first kappa shape index (κ1) is 22.6. The van der Waals surface area contributed by atoms with Crippen molar-refractivity contribution in [2.24, 2.45) is 11.3 Å². The predicted molar refractivity (Wildman–Crippen MR) is 119 cm³/mol. The molecule has 1 aromatic carbocycles. The first-order valence-electron chi connectivity index (χ1n) is 11.8. The second-order valence-corrected chi connectivity index (χ2v) is 9.10. The van der Waals surface area contributed by atoms with Crippen molar-refractivity contribution < 1.29 is 14.3 Å². The molecule has 30 heavy (non-hydrogen) atoms. The Morgan fingerprint density at radius 1 is 0.967 bits per heavy atom. The van der Waals surface area contributed by atoms with Gasteiger partial charge in [0.15, 0.2) is 0 Å². The van der Waals surface area contributed by atoms with Crippen LogP contribution in [0.1, 0.15) is 65.2 Å². The van der Waals surface area contributed by atoms with Gasteiger partial charge in [0, 0.05) is 43.9 Å². The highest BCUT2D eigenvalue weighted by Gasteiger charge is 2.41. The van der Waals surface area contributed by atoms with Gasteiger partial charge in [-0.2, -0.15) is 0 Å². The third-order valence-corrected chi connectivity index (χ3v) is 6.83. The van der Waals surface area contributed by atoms with Crippen LogP contribution < -0.4 is 4.74 Å². The van der Waals surface area contributed by atoms with Gasteiger partial charge in [0.05, 0.1) is 6.61 Å². The average molecular weight is 415 g/mol. The number of likely N-dealkylation sites (tertiary alicyclic amines) is 2. The van der Waals surface area contributed by atoms with Crippen LogP contribution in [0.15, 0.2) is 30.3 Å². The molecule has 0 aliphatic carbocycles. The maximum absolute atomic E-state index is 13.2. The first-order chi connectivity index (χ1) is 14.6. The highest BCUT2D eigenvalue weighted by molar-refractivity contribution is 5.80. The normalized spacial score (nSPS) is 22.2. The Bertz CT molecular complexity index is 683. The Morgan fingerprint density at radius 3 is 2.30 bits per heavy atom. The smallest absolute Gasteiger partial charge is 0.225 e. The van der Waals surface area contributed by atoms with Gasteiger partial charge in [0.2, 0.25) is 11.8 Å². The van der Waals surface area contributed by atoms with Gasteiger partial charge in [0.1, 0.15) is 5.75 Å². The van der Waals surface area contributed by atoms with Crippen LogP contribution >= 0.6 is 0 Å². The van der Waals surface area contributed by atoms with Crippen LogP contribution in [0.25, 0.3) is 0 Å². The van der Waals surface area contributed by atoms with Gasteiger partial charge in [-0.05, 0) is 57.1 Å². The van der Waals surface area contributed by atoms with E-state index in [1.807, 2.05) is 40.1 Å². The number of piperidine rings is 2. The van der Waals surface area contributed by atoms with Crippen LogP contribution in [-0.4, -0.2) is 54.4 Å². The quantitative estimate of drug-likeness (QED) is 0.629. The summed E-state index contributed by atoms with van der Waals surface area (Å²) in [6.07, 6.45) is 7.45. The molecule has 1 aromatic rings. The molecule has 2 heterocycles. The SMILES string of the molecule is CCC(CC)C(=O)N1CCCC(COc2ccccc2)(CC(=O)N2CCCCC2)C1. The third-order valence-electron chi connectivity index (χ3n) is 6.83. The second-order valence-electron chi connectivity index (χ2n) is 9.10. The summed E-state index contributed by atoms with van der Waals surface area (Å²) in [7, 11) is 0. The average Bonchev–Trinajstić information content (AvgIpc) is 2.80. The molecule has 5 nitrogen and oxygen atoms in total. The summed E-state index contributed by atoms with van der Waals surface area (Å²) in [6.45, 7) is 7.79. The Hall–Kier alpha value is -2.04. The van der Waals surface area contributed by atoms with Crippen molar-refractivity contribution >= 4 is 11.8 Å². The van der Waals surface area contributed by atoms with Crippen LogP contribution in [-0.2, 0) is 9.59 Å². The number of hydrogen-bond acceptors (Lipinski definition) is 3. The van der Waals surface area contributed by atoms with E-state index in [1.165, 1.54) is 6.42 Å². The molecule has 0 saturated carbocycles. The molecule has 0 bridgehead atoms. The maximum atomic E-state index is 13.2. The zero-order valence-electron chi connectivity index (χ0n) is 18.8. The van der Waals surface area contributed by atoms with E-state index in [1.54, 1.807) is 0 Å². The number of carbonyl (C=O) groups is 2. The lowest BCUT2D eigenvalue weighted by Gasteiger charge is -2.44. The number of carbonyl (C=O) groups excluding carboxylic acids is 2. The third kappa shape index (κ3) is 5.77. The summed E-state index contributed by atoms with van der Waals surface area (Å²) in [6, 6.07) is 9.81. The summed E-state index contributed by atoms with van der Waals surface area (Å²) >= 11 is 0. The van der Waals surface area contributed by atoms with E-state index in [0.29, 0.717) is 19.6 Å². The van der Waals surface area contributed by atoms with Gasteiger partial charge in [-0.15, -0.1) is 0 Å². The highest BCUT2D eigenvalue weighted by atomic mass is 16.5. The Labute approximate surface area is 181 Å².